The maximum Gasteiger partial charge on any atom is 0.368 e. The summed E-state index contributed by atoms with van der Waals surface area (Å²) in [5, 5.41) is 9.74. The summed E-state index contributed by atoms with van der Waals surface area (Å²) >= 11 is 0. The van der Waals surface area contributed by atoms with Crippen molar-refractivity contribution in [3.05, 3.63) is 64.6 Å². The maximum atomic E-state index is 12.5. The van der Waals surface area contributed by atoms with E-state index in [1.807, 2.05) is 0 Å². The van der Waals surface area contributed by atoms with Crippen LogP contribution in [0, 0.1) is 0 Å². The Bertz CT molecular complexity index is 1240. The molecule has 11 nitrogen and oxygen atoms in total. The Morgan fingerprint density at radius 1 is 1.00 bits per heavy atom. The Hall–Kier alpha value is -3.80. The third kappa shape index (κ3) is 4.43. The van der Waals surface area contributed by atoms with Crippen LogP contribution in [-0.2, 0) is 21.4 Å². The van der Waals surface area contributed by atoms with Crippen LogP contribution in [0.1, 0.15) is 17.3 Å². The molecule has 3 rings (SSSR count). The first-order valence-corrected chi connectivity index (χ1v) is 10.2. The number of nitrogens with zero attached hydrogens (tertiary/aromatic N) is 4. The third-order valence-corrected chi connectivity index (χ3v) is 5.54. The minimum atomic E-state index is -3.86. The van der Waals surface area contributed by atoms with Gasteiger partial charge in [0.1, 0.15) is 6.54 Å². The van der Waals surface area contributed by atoms with Crippen molar-refractivity contribution in [1.82, 2.24) is 25.1 Å². The Labute approximate surface area is 171 Å². The molecule has 0 radical (unpaired) electrons. The van der Waals surface area contributed by atoms with Gasteiger partial charge < -0.3 is 5.32 Å². The van der Waals surface area contributed by atoms with Gasteiger partial charge in [-0.1, -0.05) is 12.1 Å². The molecule has 2 aromatic carbocycles. The van der Waals surface area contributed by atoms with Gasteiger partial charge in [-0.05, 0) is 53.7 Å². The largest absolute Gasteiger partial charge is 0.368 e. The van der Waals surface area contributed by atoms with Crippen molar-refractivity contribution < 1.29 is 18.0 Å². The molecular weight excluding hydrogens is 412 g/mol. The molecule has 12 heteroatoms. The maximum absolute atomic E-state index is 12.5. The van der Waals surface area contributed by atoms with Crippen molar-refractivity contribution in [2.24, 2.45) is 0 Å². The second-order valence-electron chi connectivity index (χ2n) is 6.24. The smallest absolute Gasteiger partial charge is 0.358 e. The highest BCUT2D eigenvalue weighted by Crippen LogP contribution is 2.18. The lowest BCUT2D eigenvalue weighted by molar-refractivity contribution is -0.121. The van der Waals surface area contributed by atoms with E-state index in [9.17, 15) is 22.8 Å². The highest BCUT2D eigenvalue weighted by molar-refractivity contribution is 7.92. The van der Waals surface area contributed by atoms with Gasteiger partial charge in [0, 0.05) is 18.3 Å². The number of carbonyl (C=O) groups is 2. The molecule has 0 unspecified atom stereocenters. The van der Waals surface area contributed by atoms with E-state index in [2.05, 4.69) is 20.5 Å². The van der Waals surface area contributed by atoms with Crippen molar-refractivity contribution in [3.63, 3.8) is 0 Å². The fraction of sp³-hybridized carbons (Fsp3) is 0.167. The molecular formula is C18H18N6O5S. The van der Waals surface area contributed by atoms with E-state index in [-0.39, 0.29) is 22.9 Å². The number of tetrazole rings is 1. The van der Waals surface area contributed by atoms with Crippen LogP contribution in [0.2, 0.25) is 0 Å². The second-order valence-corrected chi connectivity index (χ2v) is 7.92. The van der Waals surface area contributed by atoms with Gasteiger partial charge in [0.15, 0.2) is 5.78 Å². The molecule has 0 fully saturated rings. The number of amides is 1. The molecule has 156 valence electrons. The Morgan fingerprint density at radius 3 is 2.20 bits per heavy atom. The Kier molecular flexibility index (Phi) is 5.78. The van der Waals surface area contributed by atoms with Gasteiger partial charge in [0.05, 0.1) is 10.6 Å². The van der Waals surface area contributed by atoms with E-state index in [1.165, 1.54) is 62.5 Å². The van der Waals surface area contributed by atoms with E-state index < -0.39 is 21.6 Å². The van der Waals surface area contributed by atoms with Crippen LogP contribution in [0.15, 0.2) is 58.2 Å². The number of hydrogen-bond acceptors (Lipinski definition) is 7. The number of rotatable bonds is 7. The number of benzene rings is 2. The average Bonchev–Trinajstić information content (AvgIpc) is 3.08. The zero-order chi connectivity index (χ0) is 21.9. The predicted octanol–water partition coefficient (Wildman–Crippen LogP) is 0.178. The standard InChI is InChI=1S/C18H18N6O5S/c1-12(25)13-3-9-16(10-4-13)30(28,29)20-14-5-7-15(8-6-14)24-18(27)23(21-22-24)11-17(26)19-2/h3-10,20H,11H2,1-2H3,(H,19,26). The molecule has 0 saturated carbocycles. The van der Waals surface area contributed by atoms with Crippen molar-refractivity contribution >= 4 is 27.4 Å². The SMILES string of the molecule is CNC(=O)Cn1nnn(-c2ccc(NS(=O)(=O)c3ccc(C(C)=O)cc3)cc2)c1=O. The number of likely N-dealkylation sites (N-methyl/N-ethyl adjacent to an activating group) is 1. The van der Waals surface area contributed by atoms with Gasteiger partial charge in [-0.15, -0.1) is 0 Å². The highest BCUT2D eigenvalue weighted by atomic mass is 32.2. The Morgan fingerprint density at radius 2 is 1.63 bits per heavy atom. The molecule has 0 spiro atoms. The summed E-state index contributed by atoms with van der Waals surface area (Å²) in [7, 11) is -2.42. The molecule has 0 aliphatic heterocycles. The second kappa shape index (κ2) is 8.29. The van der Waals surface area contributed by atoms with Crippen LogP contribution in [0.25, 0.3) is 5.69 Å². The van der Waals surface area contributed by atoms with Crippen molar-refractivity contribution in [3.8, 4) is 5.69 Å². The number of sulfonamides is 1. The number of Topliss-reactive ketones (excluding diaryl/α,β-unsaturated/α-hetero) is 1. The van der Waals surface area contributed by atoms with Crippen LogP contribution in [-0.4, -0.2) is 46.9 Å². The van der Waals surface area contributed by atoms with Gasteiger partial charge in [0.25, 0.3) is 10.0 Å². The van der Waals surface area contributed by atoms with Gasteiger partial charge >= 0.3 is 5.69 Å². The molecule has 0 saturated heterocycles. The summed E-state index contributed by atoms with van der Waals surface area (Å²) in [5.74, 6) is -0.560. The number of hydrogen-bond donors (Lipinski definition) is 2. The fourth-order valence-electron chi connectivity index (χ4n) is 2.50. The molecule has 0 bridgehead atoms. The van der Waals surface area contributed by atoms with Crippen molar-refractivity contribution in [2.75, 3.05) is 11.8 Å². The van der Waals surface area contributed by atoms with Crippen molar-refractivity contribution in [2.45, 2.75) is 18.4 Å². The number of ketones is 1. The van der Waals surface area contributed by atoms with Gasteiger partial charge in [0.2, 0.25) is 5.91 Å². The van der Waals surface area contributed by atoms with Crippen LogP contribution < -0.4 is 15.7 Å². The highest BCUT2D eigenvalue weighted by Gasteiger charge is 2.16. The number of carbonyl (C=O) groups excluding carboxylic acids is 2. The zero-order valence-corrected chi connectivity index (χ0v) is 16.9. The van der Waals surface area contributed by atoms with E-state index in [0.717, 1.165) is 9.36 Å². The number of nitrogens with one attached hydrogen (secondary N) is 2. The summed E-state index contributed by atoms with van der Waals surface area (Å²) in [6.45, 7) is 1.13. The lowest BCUT2D eigenvalue weighted by atomic mass is 10.2. The van der Waals surface area contributed by atoms with Gasteiger partial charge in [-0.2, -0.15) is 9.36 Å². The fourth-order valence-corrected chi connectivity index (χ4v) is 3.56. The van der Waals surface area contributed by atoms with E-state index in [1.54, 1.807) is 0 Å². The minimum absolute atomic E-state index is 0.00457. The minimum Gasteiger partial charge on any atom is -0.358 e. The third-order valence-electron chi connectivity index (χ3n) is 4.15. The molecule has 0 aliphatic carbocycles. The lowest BCUT2D eigenvalue weighted by Crippen LogP contribution is -2.31. The van der Waals surface area contributed by atoms with Gasteiger partial charge in [-0.3, -0.25) is 14.3 Å². The molecule has 0 atom stereocenters. The summed E-state index contributed by atoms with van der Waals surface area (Å²) in [6, 6.07) is 11.5. The summed E-state index contributed by atoms with van der Waals surface area (Å²) in [4.78, 5) is 35.0. The van der Waals surface area contributed by atoms with Crippen LogP contribution in [0.5, 0.6) is 0 Å². The van der Waals surface area contributed by atoms with E-state index >= 15 is 0 Å². The summed E-state index contributed by atoms with van der Waals surface area (Å²) in [5.41, 5.74) is 0.405. The molecule has 1 heterocycles. The topological polar surface area (TPSA) is 145 Å². The number of anilines is 1. The molecule has 2 N–H and O–H groups in total. The number of aromatic nitrogens is 4. The molecule has 1 amide bonds. The first-order valence-electron chi connectivity index (χ1n) is 8.69. The predicted molar refractivity (Wildman–Crippen MR) is 107 cm³/mol. The molecule has 0 aliphatic rings. The first-order chi connectivity index (χ1) is 14.2. The van der Waals surface area contributed by atoms with E-state index in [0.29, 0.717) is 11.3 Å². The normalized spacial score (nSPS) is 11.1. The Balaban J connectivity index is 1.78. The van der Waals surface area contributed by atoms with Gasteiger partial charge in [-0.25, -0.2) is 13.2 Å². The lowest BCUT2D eigenvalue weighted by Gasteiger charge is -2.09. The molecule has 1 aromatic heterocycles. The van der Waals surface area contributed by atoms with E-state index in [4.69, 9.17) is 0 Å². The van der Waals surface area contributed by atoms with Crippen molar-refractivity contribution in [1.29, 1.82) is 0 Å². The molecule has 30 heavy (non-hydrogen) atoms. The first kappa shape index (κ1) is 20.9. The van der Waals surface area contributed by atoms with Crippen LogP contribution in [0.4, 0.5) is 5.69 Å². The zero-order valence-electron chi connectivity index (χ0n) is 16.1. The quantitative estimate of drug-likeness (QED) is 0.509. The average molecular weight is 430 g/mol. The monoisotopic (exact) mass is 430 g/mol. The summed E-state index contributed by atoms with van der Waals surface area (Å²) < 4.78 is 29.3. The summed E-state index contributed by atoms with van der Waals surface area (Å²) in [6.07, 6.45) is 0. The van der Waals surface area contributed by atoms with Crippen LogP contribution >= 0.6 is 0 Å². The van der Waals surface area contributed by atoms with Crippen LogP contribution in [0.3, 0.4) is 0 Å². The molecule has 3 aromatic rings.